The molecule has 3 heteroatoms. The summed E-state index contributed by atoms with van der Waals surface area (Å²) in [5, 5.41) is 3.69. The van der Waals surface area contributed by atoms with Gasteiger partial charge in [-0.15, -0.1) is 0 Å². The summed E-state index contributed by atoms with van der Waals surface area (Å²) in [6, 6.07) is 1.98. The van der Waals surface area contributed by atoms with Crippen LogP contribution in [0.2, 0.25) is 0 Å². The molecule has 3 nitrogen and oxygen atoms in total. The zero-order chi connectivity index (χ0) is 13.5. The van der Waals surface area contributed by atoms with Crippen LogP contribution in [0.4, 0.5) is 0 Å². The lowest BCUT2D eigenvalue weighted by Gasteiger charge is -2.39. The molecule has 1 fully saturated rings. The summed E-state index contributed by atoms with van der Waals surface area (Å²) in [5.41, 5.74) is 0. The lowest BCUT2D eigenvalue weighted by Crippen LogP contribution is -2.52. The first kappa shape index (κ1) is 15.9. The highest BCUT2D eigenvalue weighted by Gasteiger charge is 2.24. The molecule has 0 aliphatic carbocycles. The number of nitrogens with zero attached hydrogens (tertiary/aromatic N) is 2. The Hall–Kier alpha value is -0.120. The van der Waals surface area contributed by atoms with Crippen LogP contribution in [0, 0.1) is 0 Å². The molecule has 108 valence electrons. The van der Waals surface area contributed by atoms with Gasteiger partial charge in [-0.1, -0.05) is 27.7 Å². The lowest BCUT2D eigenvalue weighted by atomic mass is 10.0. The SMILES string of the molecule is CCN(CC)CC(C)N1CCCC(NC(C)C)C1. The van der Waals surface area contributed by atoms with Crippen LogP contribution in [0.3, 0.4) is 0 Å². The van der Waals surface area contributed by atoms with Crippen LogP contribution in [0.15, 0.2) is 0 Å². The van der Waals surface area contributed by atoms with Crippen molar-refractivity contribution in [3.63, 3.8) is 0 Å². The first-order chi connectivity index (χ1) is 8.56. The van der Waals surface area contributed by atoms with E-state index >= 15 is 0 Å². The molecule has 2 atom stereocenters. The third-order valence-corrected chi connectivity index (χ3v) is 4.06. The van der Waals surface area contributed by atoms with E-state index in [1.54, 1.807) is 0 Å². The molecule has 0 aromatic rings. The molecule has 1 N–H and O–H groups in total. The minimum Gasteiger partial charge on any atom is -0.311 e. The number of likely N-dealkylation sites (N-methyl/N-ethyl adjacent to an activating group) is 1. The molecule has 1 aliphatic rings. The lowest BCUT2D eigenvalue weighted by molar-refractivity contribution is 0.112. The van der Waals surface area contributed by atoms with E-state index in [9.17, 15) is 0 Å². The number of nitrogens with one attached hydrogen (secondary N) is 1. The maximum absolute atomic E-state index is 3.69. The molecule has 2 unspecified atom stereocenters. The van der Waals surface area contributed by atoms with Crippen LogP contribution in [-0.4, -0.2) is 60.6 Å². The van der Waals surface area contributed by atoms with Gasteiger partial charge in [0, 0.05) is 31.2 Å². The van der Waals surface area contributed by atoms with Gasteiger partial charge >= 0.3 is 0 Å². The van der Waals surface area contributed by atoms with Crippen molar-refractivity contribution in [1.29, 1.82) is 0 Å². The van der Waals surface area contributed by atoms with Crippen LogP contribution < -0.4 is 5.32 Å². The van der Waals surface area contributed by atoms with Gasteiger partial charge in [-0.2, -0.15) is 0 Å². The van der Waals surface area contributed by atoms with Crippen LogP contribution in [-0.2, 0) is 0 Å². The largest absolute Gasteiger partial charge is 0.311 e. The van der Waals surface area contributed by atoms with Gasteiger partial charge < -0.3 is 10.2 Å². The second-order valence-corrected chi connectivity index (χ2v) is 5.99. The van der Waals surface area contributed by atoms with Crippen LogP contribution >= 0.6 is 0 Å². The number of rotatable bonds is 7. The normalized spacial score (nSPS) is 23.8. The molecule has 1 aliphatic heterocycles. The summed E-state index contributed by atoms with van der Waals surface area (Å²) in [5.74, 6) is 0. The summed E-state index contributed by atoms with van der Waals surface area (Å²) in [4.78, 5) is 5.20. The van der Waals surface area contributed by atoms with Crippen LogP contribution in [0.25, 0.3) is 0 Å². The maximum atomic E-state index is 3.69. The first-order valence-corrected chi connectivity index (χ1v) is 7.79. The molecule has 0 spiro atoms. The zero-order valence-corrected chi connectivity index (χ0v) is 13.1. The molecule has 0 radical (unpaired) electrons. The van der Waals surface area contributed by atoms with Gasteiger partial charge in [0.25, 0.3) is 0 Å². The molecule has 0 aromatic heterocycles. The van der Waals surface area contributed by atoms with E-state index < -0.39 is 0 Å². The van der Waals surface area contributed by atoms with Gasteiger partial charge in [-0.25, -0.2) is 0 Å². The van der Waals surface area contributed by atoms with Gasteiger partial charge in [-0.05, 0) is 39.4 Å². The maximum Gasteiger partial charge on any atom is 0.0197 e. The molecular formula is C15H33N3. The predicted octanol–water partition coefficient (Wildman–Crippen LogP) is 2.18. The number of hydrogen-bond acceptors (Lipinski definition) is 3. The van der Waals surface area contributed by atoms with Crippen molar-refractivity contribution in [2.45, 2.75) is 65.6 Å². The van der Waals surface area contributed by atoms with Crippen molar-refractivity contribution in [3.05, 3.63) is 0 Å². The average Bonchev–Trinajstić information content (AvgIpc) is 2.35. The standard InChI is InChI=1S/C15H33N3/c1-6-17(7-2)11-14(5)18-10-8-9-15(12-18)16-13(3)4/h13-16H,6-12H2,1-5H3. The van der Waals surface area contributed by atoms with Crippen molar-refractivity contribution >= 4 is 0 Å². The molecular weight excluding hydrogens is 222 g/mol. The minimum atomic E-state index is 0.605. The molecule has 1 heterocycles. The monoisotopic (exact) mass is 255 g/mol. The highest BCUT2D eigenvalue weighted by atomic mass is 15.2. The molecule has 1 saturated heterocycles. The summed E-state index contributed by atoms with van der Waals surface area (Å²) in [6.45, 7) is 17.4. The third-order valence-electron chi connectivity index (χ3n) is 4.06. The van der Waals surface area contributed by atoms with Gasteiger partial charge in [-0.3, -0.25) is 4.90 Å². The topological polar surface area (TPSA) is 18.5 Å². The number of hydrogen-bond donors (Lipinski definition) is 1. The zero-order valence-electron chi connectivity index (χ0n) is 13.1. The molecule has 0 bridgehead atoms. The highest BCUT2D eigenvalue weighted by Crippen LogP contribution is 2.14. The average molecular weight is 255 g/mol. The van der Waals surface area contributed by atoms with Gasteiger partial charge in [0.1, 0.15) is 0 Å². The van der Waals surface area contributed by atoms with Crippen molar-refractivity contribution in [3.8, 4) is 0 Å². The Bertz CT molecular complexity index is 214. The van der Waals surface area contributed by atoms with E-state index in [4.69, 9.17) is 0 Å². The van der Waals surface area contributed by atoms with Crippen molar-refractivity contribution in [2.75, 3.05) is 32.7 Å². The van der Waals surface area contributed by atoms with E-state index in [2.05, 4.69) is 49.7 Å². The number of piperidine rings is 1. The predicted molar refractivity (Wildman–Crippen MR) is 80.1 cm³/mol. The van der Waals surface area contributed by atoms with Gasteiger partial charge in [0.05, 0.1) is 0 Å². The fourth-order valence-corrected chi connectivity index (χ4v) is 2.99. The summed E-state index contributed by atoms with van der Waals surface area (Å²) in [6.07, 6.45) is 2.68. The second-order valence-electron chi connectivity index (χ2n) is 5.99. The Morgan fingerprint density at radius 3 is 2.44 bits per heavy atom. The first-order valence-electron chi connectivity index (χ1n) is 7.79. The second kappa shape index (κ2) is 8.13. The Morgan fingerprint density at radius 2 is 1.89 bits per heavy atom. The Kier molecular flexibility index (Phi) is 7.20. The van der Waals surface area contributed by atoms with Crippen LogP contribution in [0.5, 0.6) is 0 Å². The minimum absolute atomic E-state index is 0.605. The number of likely N-dealkylation sites (tertiary alicyclic amines) is 1. The van der Waals surface area contributed by atoms with Gasteiger partial charge in [0.15, 0.2) is 0 Å². The Morgan fingerprint density at radius 1 is 1.22 bits per heavy atom. The summed E-state index contributed by atoms with van der Waals surface area (Å²) < 4.78 is 0. The molecule has 1 rings (SSSR count). The van der Waals surface area contributed by atoms with E-state index in [1.165, 1.54) is 45.6 Å². The summed E-state index contributed by atoms with van der Waals surface area (Å²) in [7, 11) is 0. The molecule has 18 heavy (non-hydrogen) atoms. The Labute approximate surface area is 114 Å². The third kappa shape index (κ3) is 5.25. The Balaban J connectivity index is 2.40. The quantitative estimate of drug-likeness (QED) is 0.752. The van der Waals surface area contributed by atoms with E-state index in [-0.39, 0.29) is 0 Å². The summed E-state index contributed by atoms with van der Waals surface area (Å²) >= 11 is 0. The molecule has 0 saturated carbocycles. The van der Waals surface area contributed by atoms with Crippen molar-refractivity contribution < 1.29 is 0 Å². The smallest absolute Gasteiger partial charge is 0.0197 e. The molecule has 0 aromatic carbocycles. The van der Waals surface area contributed by atoms with E-state index in [0.29, 0.717) is 18.1 Å². The fourth-order valence-electron chi connectivity index (χ4n) is 2.99. The fraction of sp³-hybridized carbons (Fsp3) is 1.00. The van der Waals surface area contributed by atoms with Crippen LogP contribution in [0.1, 0.15) is 47.5 Å². The van der Waals surface area contributed by atoms with E-state index in [1.807, 2.05) is 0 Å². The van der Waals surface area contributed by atoms with E-state index in [0.717, 1.165) is 0 Å². The molecule has 0 amide bonds. The van der Waals surface area contributed by atoms with Gasteiger partial charge in [0.2, 0.25) is 0 Å². The van der Waals surface area contributed by atoms with Crippen molar-refractivity contribution in [1.82, 2.24) is 15.1 Å². The van der Waals surface area contributed by atoms with Crippen molar-refractivity contribution in [2.24, 2.45) is 0 Å². The highest BCUT2D eigenvalue weighted by molar-refractivity contribution is 4.83.